The second-order valence-electron chi connectivity index (χ2n) is 10.5. The largest absolute Gasteiger partial charge is 0.349 e. The van der Waals surface area contributed by atoms with Gasteiger partial charge in [-0.1, -0.05) is 74.5 Å². The summed E-state index contributed by atoms with van der Waals surface area (Å²) in [6.45, 7) is 13.0. The number of aryl methyl sites for hydroxylation is 1. The Balaban J connectivity index is 1.27. The molecule has 1 aliphatic rings. The van der Waals surface area contributed by atoms with Crippen LogP contribution < -0.4 is 5.32 Å². The molecule has 34 heavy (non-hydrogen) atoms. The highest BCUT2D eigenvalue weighted by atomic mass is 16.5. The second kappa shape index (κ2) is 10.1. The highest BCUT2D eigenvalue weighted by molar-refractivity contribution is 5.79. The lowest BCUT2D eigenvalue weighted by atomic mass is 9.86. The lowest BCUT2D eigenvalue weighted by molar-refractivity contribution is -0.127. The number of benzene rings is 2. The Morgan fingerprint density at radius 3 is 2.44 bits per heavy atom. The van der Waals surface area contributed by atoms with Gasteiger partial charge in [0.2, 0.25) is 17.6 Å². The van der Waals surface area contributed by atoms with Gasteiger partial charge in [-0.05, 0) is 61.9 Å². The van der Waals surface area contributed by atoms with Gasteiger partial charge in [0, 0.05) is 11.5 Å². The van der Waals surface area contributed by atoms with Gasteiger partial charge in [0.25, 0.3) is 0 Å². The van der Waals surface area contributed by atoms with Crippen molar-refractivity contribution in [2.45, 2.75) is 65.5 Å². The Kier molecular flexibility index (Phi) is 7.17. The molecule has 0 aliphatic carbocycles. The normalized spacial score (nSPS) is 16.4. The molecule has 1 aliphatic heterocycles. The summed E-state index contributed by atoms with van der Waals surface area (Å²) in [6, 6.07) is 16.6. The van der Waals surface area contributed by atoms with Crippen LogP contribution in [0, 0.1) is 12.8 Å². The summed E-state index contributed by atoms with van der Waals surface area (Å²) < 4.78 is 5.50. The highest BCUT2D eigenvalue weighted by Gasteiger charge is 2.27. The van der Waals surface area contributed by atoms with E-state index in [1.54, 1.807) is 0 Å². The standard InChI is InChI=1S/C28H36N4O2/c1-19-8-6-7-9-24(19)26-30-25(34-31-26)18-32-16-14-22(15-17-32)27(33)29-20(2)21-10-12-23(13-11-21)28(3,4)5/h6-13,20,22H,14-18H2,1-5H3,(H,29,33). The number of carbonyl (C=O) groups excluding carboxylic acids is 1. The minimum Gasteiger partial charge on any atom is -0.349 e. The lowest BCUT2D eigenvalue weighted by Crippen LogP contribution is -2.41. The van der Waals surface area contributed by atoms with E-state index in [9.17, 15) is 4.79 Å². The number of aromatic nitrogens is 2. The van der Waals surface area contributed by atoms with Crippen molar-refractivity contribution >= 4 is 5.91 Å². The zero-order valence-electron chi connectivity index (χ0n) is 21.0. The van der Waals surface area contributed by atoms with E-state index in [1.165, 1.54) is 5.56 Å². The first-order valence-electron chi connectivity index (χ1n) is 12.2. The molecule has 2 aromatic carbocycles. The van der Waals surface area contributed by atoms with E-state index in [1.807, 2.05) is 31.2 Å². The lowest BCUT2D eigenvalue weighted by Gasteiger charge is -2.31. The molecule has 180 valence electrons. The number of piperidine rings is 1. The smallest absolute Gasteiger partial charge is 0.241 e. The fraction of sp³-hybridized carbons (Fsp3) is 0.464. The Bertz CT molecular complexity index is 1110. The van der Waals surface area contributed by atoms with Gasteiger partial charge in [0.1, 0.15) is 0 Å². The van der Waals surface area contributed by atoms with Crippen molar-refractivity contribution in [2.75, 3.05) is 13.1 Å². The van der Waals surface area contributed by atoms with Gasteiger partial charge in [-0.2, -0.15) is 4.98 Å². The van der Waals surface area contributed by atoms with Gasteiger partial charge in [0.15, 0.2) is 0 Å². The SMILES string of the molecule is Cc1ccccc1-c1noc(CN2CCC(C(=O)NC(C)c3ccc(C(C)(C)C)cc3)CC2)n1. The van der Waals surface area contributed by atoms with Gasteiger partial charge >= 0.3 is 0 Å². The molecule has 1 amide bonds. The molecule has 0 bridgehead atoms. The summed E-state index contributed by atoms with van der Waals surface area (Å²) in [4.78, 5) is 19.8. The molecule has 1 aromatic heterocycles. The molecule has 1 N–H and O–H groups in total. The number of hydrogen-bond donors (Lipinski definition) is 1. The first kappa shape index (κ1) is 24.1. The highest BCUT2D eigenvalue weighted by Crippen LogP contribution is 2.25. The summed E-state index contributed by atoms with van der Waals surface area (Å²) in [6.07, 6.45) is 1.67. The molecule has 2 heterocycles. The Labute approximate surface area is 202 Å². The number of carbonyl (C=O) groups is 1. The molecule has 6 nitrogen and oxygen atoms in total. The van der Waals surface area contributed by atoms with Crippen LogP contribution >= 0.6 is 0 Å². The van der Waals surface area contributed by atoms with Crippen molar-refractivity contribution in [3.8, 4) is 11.4 Å². The number of rotatable bonds is 6. The van der Waals surface area contributed by atoms with Gasteiger partial charge in [-0.15, -0.1) is 0 Å². The van der Waals surface area contributed by atoms with Crippen molar-refractivity contribution in [3.63, 3.8) is 0 Å². The molecular weight excluding hydrogens is 424 g/mol. The zero-order chi connectivity index (χ0) is 24.3. The topological polar surface area (TPSA) is 71.3 Å². The van der Waals surface area contributed by atoms with Crippen LogP contribution in [-0.4, -0.2) is 34.0 Å². The third-order valence-corrected chi connectivity index (χ3v) is 6.81. The molecule has 1 atom stereocenters. The Hall–Kier alpha value is -2.99. The number of nitrogens with zero attached hydrogens (tertiary/aromatic N) is 3. The summed E-state index contributed by atoms with van der Waals surface area (Å²) >= 11 is 0. The van der Waals surface area contributed by atoms with Crippen LogP contribution in [0.15, 0.2) is 53.1 Å². The quantitative estimate of drug-likeness (QED) is 0.531. The molecule has 4 rings (SSSR count). The first-order chi connectivity index (χ1) is 16.2. The zero-order valence-corrected chi connectivity index (χ0v) is 21.0. The van der Waals surface area contributed by atoms with Crippen molar-refractivity contribution in [2.24, 2.45) is 5.92 Å². The number of amides is 1. The monoisotopic (exact) mass is 460 g/mol. The van der Waals surface area contributed by atoms with Crippen LogP contribution in [0.2, 0.25) is 0 Å². The average Bonchev–Trinajstić information content (AvgIpc) is 3.27. The van der Waals surface area contributed by atoms with Crippen molar-refractivity contribution in [1.29, 1.82) is 0 Å². The van der Waals surface area contributed by atoms with E-state index in [-0.39, 0.29) is 23.3 Å². The van der Waals surface area contributed by atoms with Crippen LogP contribution in [0.3, 0.4) is 0 Å². The minimum absolute atomic E-state index is 0.00203. The van der Waals surface area contributed by atoms with Gasteiger partial charge in [-0.3, -0.25) is 9.69 Å². The van der Waals surface area contributed by atoms with Crippen LogP contribution in [-0.2, 0) is 16.8 Å². The van der Waals surface area contributed by atoms with E-state index in [2.05, 4.69) is 72.3 Å². The second-order valence-corrected chi connectivity index (χ2v) is 10.5. The van der Waals surface area contributed by atoms with E-state index in [0.29, 0.717) is 18.3 Å². The van der Waals surface area contributed by atoms with E-state index in [4.69, 9.17) is 4.52 Å². The maximum Gasteiger partial charge on any atom is 0.241 e. The molecule has 0 radical (unpaired) electrons. The van der Waals surface area contributed by atoms with Crippen LogP contribution in [0.5, 0.6) is 0 Å². The molecule has 1 unspecified atom stereocenters. The predicted octanol–water partition coefficient (Wildman–Crippen LogP) is 5.43. The molecule has 6 heteroatoms. The fourth-order valence-electron chi connectivity index (χ4n) is 4.48. The van der Waals surface area contributed by atoms with Crippen LogP contribution in [0.1, 0.15) is 69.2 Å². The summed E-state index contributed by atoms with van der Waals surface area (Å²) in [7, 11) is 0. The maximum atomic E-state index is 12.9. The van der Waals surface area contributed by atoms with E-state index < -0.39 is 0 Å². The van der Waals surface area contributed by atoms with E-state index in [0.717, 1.165) is 42.6 Å². The van der Waals surface area contributed by atoms with Crippen molar-refractivity contribution in [3.05, 3.63) is 71.1 Å². The third-order valence-electron chi connectivity index (χ3n) is 6.81. The maximum absolute atomic E-state index is 12.9. The van der Waals surface area contributed by atoms with Gasteiger partial charge in [0.05, 0.1) is 12.6 Å². The first-order valence-corrected chi connectivity index (χ1v) is 12.2. The van der Waals surface area contributed by atoms with Crippen molar-refractivity contribution in [1.82, 2.24) is 20.4 Å². The molecule has 1 saturated heterocycles. The molecule has 0 spiro atoms. The number of likely N-dealkylation sites (tertiary alicyclic amines) is 1. The summed E-state index contributed by atoms with van der Waals surface area (Å²) in [5.74, 6) is 1.44. The number of hydrogen-bond acceptors (Lipinski definition) is 5. The Morgan fingerprint density at radius 1 is 1.12 bits per heavy atom. The molecule has 3 aromatic rings. The Morgan fingerprint density at radius 2 is 1.79 bits per heavy atom. The summed E-state index contributed by atoms with van der Waals surface area (Å²) in [5, 5.41) is 7.38. The van der Waals surface area contributed by atoms with E-state index >= 15 is 0 Å². The van der Waals surface area contributed by atoms with Gasteiger partial charge < -0.3 is 9.84 Å². The van der Waals surface area contributed by atoms with Crippen LogP contribution in [0.25, 0.3) is 11.4 Å². The minimum atomic E-state index is -0.00203. The predicted molar refractivity (Wildman–Crippen MR) is 134 cm³/mol. The molecule has 1 fully saturated rings. The van der Waals surface area contributed by atoms with Gasteiger partial charge in [-0.25, -0.2) is 0 Å². The average molecular weight is 461 g/mol. The molecular formula is C28H36N4O2. The molecule has 0 saturated carbocycles. The fourth-order valence-corrected chi connectivity index (χ4v) is 4.48. The van der Waals surface area contributed by atoms with Crippen LogP contribution in [0.4, 0.5) is 0 Å². The third kappa shape index (κ3) is 5.73. The number of nitrogens with one attached hydrogen (secondary N) is 1. The van der Waals surface area contributed by atoms with Crippen molar-refractivity contribution < 1.29 is 9.32 Å². The summed E-state index contributed by atoms with van der Waals surface area (Å²) in [5.41, 5.74) is 4.69.